The lowest BCUT2D eigenvalue weighted by Crippen LogP contribution is -2.07. The Morgan fingerprint density at radius 2 is 1.79 bits per heavy atom. The van der Waals surface area contributed by atoms with E-state index in [4.69, 9.17) is 14.8 Å². The molecule has 2 aromatic carbocycles. The van der Waals surface area contributed by atoms with Gasteiger partial charge in [-0.25, -0.2) is 4.98 Å². The zero-order valence-electron chi connectivity index (χ0n) is 15.2. The maximum atomic E-state index is 6.12. The minimum atomic E-state index is -0.133. The summed E-state index contributed by atoms with van der Waals surface area (Å²) < 4.78 is 7.88. The SMILES string of the molecule is CC[C@@H](Oc1ccccc1)c1nn2c(-c3ccc4ccccc4n3)nnc2s1. The molecule has 0 fully saturated rings. The zero-order valence-corrected chi connectivity index (χ0v) is 16.0. The Morgan fingerprint density at radius 3 is 2.64 bits per heavy atom. The molecule has 0 aliphatic rings. The molecule has 0 aliphatic carbocycles. The molecule has 0 saturated carbocycles. The number of nitrogens with zero attached hydrogens (tertiary/aromatic N) is 5. The second kappa shape index (κ2) is 7.01. The van der Waals surface area contributed by atoms with Crippen LogP contribution >= 0.6 is 11.3 Å². The molecule has 0 saturated heterocycles. The van der Waals surface area contributed by atoms with Gasteiger partial charge in [0, 0.05) is 5.39 Å². The second-order valence-corrected chi connectivity index (χ2v) is 7.36. The number of pyridine rings is 1. The number of aromatic nitrogens is 5. The van der Waals surface area contributed by atoms with Gasteiger partial charge in [0.05, 0.1) is 5.52 Å². The smallest absolute Gasteiger partial charge is 0.235 e. The van der Waals surface area contributed by atoms with Crippen LogP contribution in [0.3, 0.4) is 0 Å². The van der Waals surface area contributed by atoms with E-state index in [1.165, 1.54) is 11.3 Å². The van der Waals surface area contributed by atoms with Gasteiger partial charge < -0.3 is 4.74 Å². The monoisotopic (exact) mass is 387 g/mol. The maximum Gasteiger partial charge on any atom is 0.235 e. The van der Waals surface area contributed by atoms with E-state index in [0.29, 0.717) is 5.82 Å². The summed E-state index contributed by atoms with van der Waals surface area (Å²) in [7, 11) is 0. The highest BCUT2D eigenvalue weighted by Crippen LogP contribution is 2.29. The van der Waals surface area contributed by atoms with Gasteiger partial charge in [0.1, 0.15) is 11.4 Å². The highest BCUT2D eigenvalue weighted by atomic mass is 32.1. The number of rotatable bonds is 5. The number of benzene rings is 2. The number of hydrogen-bond acceptors (Lipinski definition) is 6. The Labute approximate surface area is 165 Å². The van der Waals surface area contributed by atoms with Gasteiger partial charge in [0.2, 0.25) is 10.8 Å². The molecule has 0 N–H and O–H groups in total. The van der Waals surface area contributed by atoms with E-state index in [-0.39, 0.29) is 6.10 Å². The minimum absolute atomic E-state index is 0.133. The van der Waals surface area contributed by atoms with Gasteiger partial charge in [-0.3, -0.25) is 0 Å². The molecule has 0 unspecified atom stereocenters. The summed E-state index contributed by atoms with van der Waals surface area (Å²) in [6.07, 6.45) is 0.675. The first-order valence-electron chi connectivity index (χ1n) is 9.12. The van der Waals surface area contributed by atoms with Crippen LogP contribution in [0.15, 0.2) is 66.7 Å². The van der Waals surface area contributed by atoms with Crippen molar-refractivity contribution in [2.24, 2.45) is 0 Å². The molecular formula is C21H17N5OS. The quantitative estimate of drug-likeness (QED) is 0.428. The average molecular weight is 387 g/mol. The fraction of sp³-hybridized carbons (Fsp3) is 0.143. The molecule has 138 valence electrons. The summed E-state index contributed by atoms with van der Waals surface area (Å²) in [4.78, 5) is 5.45. The predicted octanol–water partition coefficient (Wildman–Crippen LogP) is 4.93. The van der Waals surface area contributed by atoms with Crippen LogP contribution in [0, 0.1) is 0 Å². The second-order valence-electron chi connectivity index (χ2n) is 6.38. The van der Waals surface area contributed by atoms with E-state index in [1.54, 1.807) is 4.52 Å². The Morgan fingerprint density at radius 1 is 0.964 bits per heavy atom. The van der Waals surface area contributed by atoms with Crippen molar-refractivity contribution in [3.05, 3.63) is 71.7 Å². The van der Waals surface area contributed by atoms with Gasteiger partial charge >= 0.3 is 0 Å². The molecule has 5 aromatic rings. The molecule has 0 radical (unpaired) electrons. The molecule has 5 rings (SSSR count). The topological polar surface area (TPSA) is 65.2 Å². The molecule has 0 amide bonds. The lowest BCUT2D eigenvalue weighted by atomic mass is 10.2. The van der Waals surface area contributed by atoms with Crippen molar-refractivity contribution in [1.82, 2.24) is 24.8 Å². The highest BCUT2D eigenvalue weighted by Gasteiger charge is 2.21. The van der Waals surface area contributed by atoms with Gasteiger partial charge in [0.25, 0.3) is 0 Å². The van der Waals surface area contributed by atoms with Crippen LogP contribution in [0.25, 0.3) is 27.4 Å². The van der Waals surface area contributed by atoms with Gasteiger partial charge in [-0.15, -0.1) is 10.2 Å². The molecule has 7 heteroatoms. The van der Waals surface area contributed by atoms with Crippen LogP contribution < -0.4 is 4.74 Å². The van der Waals surface area contributed by atoms with Crippen molar-refractivity contribution in [3.63, 3.8) is 0 Å². The lowest BCUT2D eigenvalue weighted by Gasteiger charge is -2.14. The fourth-order valence-corrected chi connectivity index (χ4v) is 4.04. The van der Waals surface area contributed by atoms with Crippen LogP contribution in [0.4, 0.5) is 0 Å². The van der Waals surface area contributed by atoms with Crippen molar-refractivity contribution >= 4 is 27.2 Å². The van der Waals surface area contributed by atoms with E-state index in [0.717, 1.165) is 38.7 Å². The first kappa shape index (κ1) is 16.8. The summed E-state index contributed by atoms with van der Waals surface area (Å²) in [5.74, 6) is 1.47. The molecule has 3 heterocycles. The summed E-state index contributed by atoms with van der Waals surface area (Å²) in [6.45, 7) is 2.09. The highest BCUT2D eigenvalue weighted by molar-refractivity contribution is 7.16. The van der Waals surface area contributed by atoms with Crippen molar-refractivity contribution in [2.75, 3.05) is 0 Å². The van der Waals surface area contributed by atoms with Crippen LogP contribution in [-0.2, 0) is 0 Å². The molecule has 0 bridgehead atoms. The van der Waals surface area contributed by atoms with E-state index in [9.17, 15) is 0 Å². The minimum Gasteiger partial charge on any atom is -0.483 e. The predicted molar refractivity (Wildman–Crippen MR) is 109 cm³/mol. The van der Waals surface area contributed by atoms with E-state index in [1.807, 2.05) is 66.7 Å². The Hall–Kier alpha value is -3.32. The van der Waals surface area contributed by atoms with Crippen molar-refractivity contribution in [1.29, 1.82) is 0 Å². The maximum absolute atomic E-state index is 6.12. The number of hydrogen-bond donors (Lipinski definition) is 0. The first-order chi connectivity index (χ1) is 13.8. The third-order valence-corrected chi connectivity index (χ3v) is 5.49. The summed E-state index contributed by atoms with van der Waals surface area (Å²) in [6, 6.07) is 21.8. The Kier molecular flexibility index (Phi) is 4.21. The van der Waals surface area contributed by atoms with Gasteiger partial charge in [-0.1, -0.05) is 60.7 Å². The van der Waals surface area contributed by atoms with Crippen molar-refractivity contribution in [3.8, 4) is 17.3 Å². The number of fused-ring (bicyclic) bond motifs is 2. The van der Waals surface area contributed by atoms with Gasteiger partial charge in [-0.05, 0) is 30.7 Å². The molecule has 6 nitrogen and oxygen atoms in total. The summed E-state index contributed by atoms with van der Waals surface area (Å²) in [5, 5.41) is 15.3. The largest absolute Gasteiger partial charge is 0.483 e. The number of ether oxygens (including phenoxy) is 1. The zero-order chi connectivity index (χ0) is 18.9. The molecule has 0 aliphatic heterocycles. The van der Waals surface area contributed by atoms with E-state index in [2.05, 4.69) is 17.1 Å². The van der Waals surface area contributed by atoms with Crippen LogP contribution in [0.1, 0.15) is 24.5 Å². The molecule has 3 aromatic heterocycles. The number of para-hydroxylation sites is 2. The third kappa shape index (κ3) is 2.99. The van der Waals surface area contributed by atoms with Crippen molar-refractivity contribution in [2.45, 2.75) is 19.4 Å². The van der Waals surface area contributed by atoms with E-state index >= 15 is 0 Å². The Balaban J connectivity index is 1.52. The van der Waals surface area contributed by atoms with Crippen LogP contribution in [0.2, 0.25) is 0 Å². The normalized spacial score (nSPS) is 12.5. The first-order valence-corrected chi connectivity index (χ1v) is 9.93. The molecular weight excluding hydrogens is 370 g/mol. The summed E-state index contributed by atoms with van der Waals surface area (Å²) in [5.41, 5.74) is 1.67. The van der Waals surface area contributed by atoms with E-state index < -0.39 is 0 Å². The van der Waals surface area contributed by atoms with Crippen LogP contribution in [-0.4, -0.2) is 24.8 Å². The molecule has 28 heavy (non-hydrogen) atoms. The lowest BCUT2D eigenvalue weighted by molar-refractivity contribution is 0.199. The van der Waals surface area contributed by atoms with Gasteiger partial charge in [0.15, 0.2) is 11.1 Å². The Bertz CT molecular complexity index is 1250. The van der Waals surface area contributed by atoms with Gasteiger partial charge in [-0.2, -0.15) is 9.61 Å². The molecule has 0 spiro atoms. The average Bonchev–Trinajstić information content (AvgIpc) is 3.33. The van der Waals surface area contributed by atoms with Crippen molar-refractivity contribution < 1.29 is 4.74 Å². The fourth-order valence-electron chi connectivity index (χ4n) is 3.08. The third-order valence-electron chi connectivity index (χ3n) is 4.50. The standard InChI is InChI=1S/C21H17N5OS/c1-2-18(27-15-9-4-3-5-10-15)20-25-26-19(23-24-21(26)28-20)17-13-12-14-8-6-7-11-16(14)22-17/h3-13,18H,2H2,1H3/t18-/m1/s1. The summed E-state index contributed by atoms with van der Waals surface area (Å²) >= 11 is 1.49. The van der Waals surface area contributed by atoms with Crippen LogP contribution in [0.5, 0.6) is 5.75 Å². The molecule has 1 atom stereocenters.